The molecule has 8 heteroatoms. The molecule has 7 nitrogen and oxygen atoms in total. The van der Waals surface area contributed by atoms with E-state index in [1.807, 2.05) is 19.1 Å². The third-order valence-electron chi connectivity index (χ3n) is 4.85. The first kappa shape index (κ1) is 20.7. The van der Waals surface area contributed by atoms with Gasteiger partial charge >= 0.3 is 0 Å². The molecule has 0 aliphatic rings. The monoisotopic (exact) mass is 412 g/mol. The van der Waals surface area contributed by atoms with Gasteiger partial charge in [-0.1, -0.05) is 12.1 Å². The molecule has 0 saturated heterocycles. The Kier molecular flexibility index (Phi) is 5.83. The van der Waals surface area contributed by atoms with Crippen LogP contribution >= 0.6 is 11.3 Å². The van der Waals surface area contributed by atoms with Gasteiger partial charge in [0.1, 0.15) is 4.83 Å². The van der Waals surface area contributed by atoms with Crippen LogP contribution in [-0.4, -0.2) is 51.8 Å². The van der Waals surface area contributed by atoms with Crippen molar-refractivity contribution in [3.8, 4) is 0 Å². The normalized spacial score (nSPS) is 10.9. The highest BCUT2D eigenvalue weighted by atomic mass is 32.1. The third kappa shape index (κ3) is 3.93. The summed E-state index contributed by atoms with van der Waals surface area (Å²) in [7, 11) is 5.07. The summed E-state index contributed by atoms with van der Waals surface area (Å²) in [6.45, 7) is 4.66. The van der Waals surface area contributed by atoms with Gasteiger partial charge in [-0.3, -0.25) is 14.4 Å². The van der Waals surface area contributed by atoms with Crippen LogP contribution in [0.4, 0.5) is 0 Å². The van der Waals surface area contributed by atoms with Crippen LogP contribution < -0.4 is 5.56 Å². The number of carbonyl (C=O) groups excluding carboxylic acids is 2. The Balaban J connectivity index is 1.87. The highest BCUT2D eigenvalue weighted by Crippen LogP contribution is 2.28. The molecule has 0 N–H and O–H groups in total. The van der Waals surface area contributed by atoms with Gasteiger partial charge in [-0.25, -0.2) is 4.98 Å². The van der Waals surface area contributed by atoms with Crippen LogP contribution in [0.25, 0.3) is 10.2 Å². The number of nitrogens with zero attached hydrogens (tertiary/aromatic N) is 4. The number of carbonyl (C=O) groups is 2. The summed E-state index contributed by atoms with van der Waals surface area (Å²) < 4.78 is 1.42. The zero-order chi connectivity index (χ0) is 21.3. The van der Waals surface area contributed by atoms with Gasteiger partial charge in [0, 0.05) is 39.8 Å². The Hall–Kier alpha value is -3.00. The molecule has 0 unspecified atom stereocenters. The Morgan fingerprint density at radius 1 is 1.14 bits per heavy atom. The Morgan fingerprint density at radius 3 is 2.38 bits per heavy atom. The van der Waals surface area contributed by atoms with Gasteiger partial charge in [-0.05, 0) is 37.1 Å². The second-order valence-corrected chi connectivity index (χ2v) is 8.11. The van der Waals surface area contributed by atoms with E-state index in [1.165, 1.54) is 27.1 Å². The summed E-state index contributed by atoms with van der Waals surface area (Å²) in [5.41, 5.74) is 2.07. The molecular weight excluding hydrogens is 388 g/mol. The largest absolute Gasteiger partial charge is 0.345 e. The SMILES string of the molecule is CCN(Cc1ccc(C(=O)N(C)C)cc1)C(=O)c1sc2ncn(C)c(=O)c2c1C. The van der Waals surface area contributed by atoms with E-state index in [0.717, 1.165) is 5.56 Å². The van der Waals surface area contributed by atoms with Crippen LogP contribution in [-0.2, 0) is 13.6 Å². The molecule has 0 atom stereocenters. The molecule has 0 fully saturated rings. The molecule has 0 spiro atoms. The number of rotatable bonds is 5. The fourth-order valence-corrected chi connectivity index (χ4v) is 4.22. The van der Waals surface area contributed by atoms with Crippen molar-refractivity contribution in [2.45, 2.75) is 20.4 Å². The standard InChI is InChI=1S/C21H24N4O3S/c1-6-25(11-14-7-9-15(10-8-14)19(26)23(3)4)21(28)17-13(2)16-18(29-17)22-12-24(5)20(16)27/h7-10,12H,6,11H2,1-5H3. The van der Waals surface area contributed by atoms with Crippen molar-refractivity contribution in [1.82, 2.24) is 19.4 Å². The van der Waals surface area contributed by atoms with Gasteiger partial charge in [0.15, 0.2) is 0 Å². The lowest BCUT2D eigenvalue weighted by atomic mass is 10.1. The minimum atomic E-state index is -0.146. The first-order chi connectivity index (χ1) is 13.7. The van der Waals surface area contributed by atoms with E-state index in [2.05, 4.69) is 4.98 Å². The van der Waals surface area contributed by atoms with E-state index in [1.54, 1.807) is 45.1 Å². The average Bonchev–Trinajstić information content (AvgIpc) is 3.05. The number of thiophene rings is 1. The molecule has 0 aliphatic carbocycles. The number of aryl methyl sites for hydroxylation is 2. The number of hydrogen-bond acceptors (Lipinski definition) is 5. The second kappa shape index (κ2) is 8.16. The molecule has 0 saturated carbocycles. The molecular formula is C21H24N4O3S. The van der Waals surface area contributed by atoms with Crippen molar-refractivity contribution < 1.29 is 9.59 Å². The van der Waals surface area contributed by atoms with Crippen molar-refractivity contribution in [1.29, 1.82) is 0 Å². The predicted molar refractivity (Wildman–Crippen MR) is 114 cm³/mol. The fourth-order valence-electron chi connectivity index (χ4n) is 3.11. The first-order valence-corrected chi connectivity index (χ1v) is 10.1. The van der Waals surface area contributed by atoms with E-state index in [-0.39, 0.29) is 17.4 Å². The number of amides is 2. The average molecular weight is 413 g/mol. The van der Waals surface area contributed by atoms with Gasteiger partial charge < -0.3 is 14.4 Å². The minimum Gasteiger partial charge on any atom is -0.345 e. The maximum absolute atomic E-state index is 13.2. The van der Waals surface area contributed by atoms with E-state index in [9.17, 15) is 14.4 Å². The smallest absolute Gasteiger partial charge is 0.264 e. The quantitative estimate of drug-likeness (QED) is 0.646. The molecule has 0 aliphatic heterocycles. The van der Waals surface area contributed by atoms with Crippen molar-refractivity contribution in [2.24, 2.45) is 7.05 Å². The van der Waals surface area contributed by atoms with Gasteiger partial charge in [0.25, 0.3) is 17.4 Å². The molecule has 2 aromatic heterocycles. The maximum Gasteiger partial charge on any atom is 0.264 e. The molecule has 29 heavy (non-hydrogen) atoms. The highest BCUT2D eigenvalue weighted by molar-refractivity contribution is 7.20. The summed E-state index contributed by atoms with van der Waals surface area (Å²) in [4.78, 5) is 46.3. The van der Waals surface area contributed by atoms with Crippen LogP contribution in [0.2, 0.25) is 0 Å². The van der Waals surface area contributed by atoms with Gasteiger partial charge in [0.05, 0.1) is 16.6 Å². The van der Waals surface area contributed by atoms with E-state index in [0.29, 0.717) is 39.3 Å². The molecule has 2 amide bonds. The molecule has 0 bridgehead atoms. The number of aromatic nitrogens is 2. The number of benzene rings is 1. The van der Waals surface area contributed by atoms with Crippen molar-refractivity contribution >= 4 is 33.4 Å². The molecule has 0 radical (unpaired) electrons. The predicted octanol–water partition coefficient (Wildman–Crippen LogP) is 2.67. The van der Waals surface area contributed by atoms with E-state index in [4.69, 9.17) is 0 Å². The number of hydrogen-bond donors (Lipinski definition) is 0. The molecule has 3 aromatic rings. The van der Waals surface area contributed by atoms with E-state index >= 15 is 0 Å². The zero-order valence-corrected chi connectivity index (χ0v) is 18.0. The lowest BCUT2D eigenvalue weighted by molar-refractivity contribution is 0.0755. The Bertz CT molecular complexity index is 1130. The first-order valence-electron chi connectivity index (χ1n) is 9.29. The zero-order valence-electron chi connectivity index (χ0n) is 17.2. The van der Waals surface area contributed by atoms with Crippen LogP contribution in [0.5, 0.6) is 0 Å². The summed E-state index contributed by atoms with van der Waals surface area (Å²) in [6, 6.07) is 7.27. The maximum atomic E-state index is 13.2. The van der Waals surface area contributed by atoms with E-state index < -0.39 is 0 Å². The molecule has 152 valence electrons. The lowest BCUT2D eigenvalue weighted by Gasteiger charge is -2.21. The van der Waals surface area contributed by atoms with Crippen LogP contribution in [0, 0.1) is 6.92 Å². The van der Waals surface area contributed by atoms with Crippen LogP contribution in [0.15, 0.2) is 35.4 Å². The number of fused-ring (bicyclic) bond motifs is 1. The lowest BCUT2D eigenvalue weighted by Crippen LogP contribution is -2.30. The van der Waals surface area contributed by atoms with Gasteiger partial charge in [-0.15, -0.1) is 11.3 Å². The van der Waals surface area contributed by atoms with Crippen molar-refractivity contribution in [3.05, 3.63) is 62.5 Å². The summed E-state index contributed by atoms with van der Waals surface area (Å²) in [6.07, 6.45) is 1.48. The van der Waals surface area contributed by atoms with Gasteiger partial charge in [-0.2, -0.15) is 0 Å². The summed E-state index contributed by atoms with van der Waals surface area (Å²) in [5.74, 6) is -0.182. The van der Waals surface area contributed by atoms with Crippen molar-refractivity contribution in [3.63, 3.8) is 0 Å². The van der Waals surface area contributed by atoms with Gasteiger partial charge in [0.2, 0.25) is 0 Å². The Labute approximate surface area is 173 Å². The molecule has 3 rings (SSSR count). The topological polar surface area (TPSA) is 75.5 Å². The van der Waals surface area contributed by atoms with Crippen LogP contribution in [0.1, 0.15) is 38.1 Å². The second-order valence-electron chi connectivity index (χ2n) is 7.11. The minimum absolute atomic E-state index is 0.0602. The van der Waals surface area contributed by atoms with Crippen molar-refractivity contribution in [2.75, 3.05) is 20.6 Å². The third-order valence-corrected chi connectivity index (χ3v) is 6.04. The highest BCUT2D eigenvalue weighted by Gasteiger charge is 2.23. The summed E-state index contributed by atoms with van der Waals surface area (Å²) >= 11 is 1.25. The molecule has 1 aromatic carbocycles. The Morgan fingerprint density at radius 2 is 1.79 bits per heavy atom. The molecule has 2 heterocycles. The van der Waals surface area contributed by atoms with Crippen LogP contribution in [0.3, 0.4) is 0 Å². The summed E-state index contributed by atoms with van der Waals surface area (Å²) in [5, 5.41) is 0.506. The fraction of sp³-hybridized carbons (Fsp3) is 0.333.